The molecule has 0 unspecified atom stereocenters. The Balaban J connectivity index is 1.79. The summed E-state index contributed by atoms with van der Waals surface area (Å²) in [6, 6.07) is 13.5. The van der Waals surface area contributed by atoms with Crippen molar-refractivity contribution in [1.82, 2.24) is 24.9 Å². The maximum atomic E-state index is 14.6. The van der Waals surface area contributed by atoms with Gasteiger partial charge in [0.05, 0.1) is 11.4 Å². The Hall–Kier alpha value is -3.61. The van der Waals surface area contributed by atoms with E-state index in [0.29, 0.717) is 23.4 Å². The van der Waals surface area contributed by atoms with E-state index in [9.17, 15) is 9.18 Å². The van der Waals surface area contributed by atoms with Gasteiger partial charge in [0.15, 0.2) is 5.65 Å². The fraction of sp³-hybridized carbons (Fsp3) is 0.217. The topological polar surface area (TPSA) is 72.2 Å². The molecule has 0 aliphatic heterocycles. The third kappa shape index (κ3) is 3.91. The first-order chi connectivity index (χ1) is 14.3. The average Bonchev–Trinajstić information content (AvgIpc) is 3.17. The Bertz CT molecular complexity index is 1210. The third-order valence-electron chi connectivity index (χ3n) is 4.75. The van der Waals surface area contributed by atoms with E-state index in [-0.39, 0.29) is 22.8 Å². The molecule has 1 amide bonds. The summed E-state index contributed by atoms with van der Waals surface area (Å²) in [5.41, 5.74) is 2.98. The van der Waals surface area contributed by atoms with E-state index in [0.717, 1.165) is 11.3 Å². The van der Waals surface area contributed by atoms with Crippen molar-refractivity contribution in [2.45, 2.75) is 32.7 Å². The van der Waals surface area contributed by atoms with Gasteiger partial charge in [-0.1, -0.05) is 39.0 Å². The lowest BCUT2D eigenvalue weighted by Crippen LogP contribution is -2.24. The Morgan fingerprint density at radius 2 is 1.93 bits per heavy atom. The number of halogens is 1. The number of carbonyl (C=O) groups is 1. The highest BCUT2D eigenvalue weighted by atomic mass is 19.1. The normalized spacial score (nSPS) is 11.6. The van der Waals surface area contributed by atoms with E-state index in [4.69, 9.17) is 0 Å². The third-order valence-corrected chi connectivity index (χ3v) is 4.75. The molecule has 0 aliphatic carbocycles. The van der Waals surface area contributed by atoms with E-state index in [1.165, 1.54) is 6.07 Å². The quantitative estimate of drug-likeness (QED) is 0.555. The van der Waals surface area contributed by atoms with Gasteiger partial charge in [0.1, 0.15) is 11.5 Å². The van der Waals surface area contributed by atoms with Crippen LogP contribution in [0, 0.1) is 5.82 Å². The standard InChI is InChI=1S/C23H22FN5O/c1-23(2,3)20-12-21-27-18(22(30)26-14-15-7-6-10-25-13-15)11-19(29(21)28-20)16-8-4-5-9-17(16)24/h4-13H,14H2,1-3H3,(H,26,30). The summed E-state index contributed by atoms with van der Waals surface area (Å²) in [6.45, 7) is 6.44. The Labute approximate surface area is 173 Å². The van der Waals surface area contributed by atoms with Crippen LogP contribution in [0.4, 0.5) is 4.39 Å². The van der Waals surface area contributed by atoms with Crippen molar-refractivity contribution in [2.24, 2.45) is 0 Å². The molecule has 1 aromatic carbocycles. The molecule has 0 saturated heterocycles. The highest BCUT2D eigenvalue weighted by Gasteiger charge is 2.22. The minimum Gasteiger partial charge on any atom is -0.347 e. The summed E-state index contributed by atoms with van der Waals surface area (Å²) >= 11 is 0. The second-order valence-corrected chi connectivity index (χ2v) is 8.10. The van der Waals surface area contributed by atoms with Gasteiger partial charge in [-0.05, 0) is 29.8 Å². The van der Waals surface area contributed by atoms with Gasteiger partial charge in [-0.3, -0.25) is 9.78 Å². The molecule has 7 heteroatoms. The molecule has 3 aromatic heterocycles. The first kappa shape index (κ1) is 19.7. The van der Waals surface area contributed by atoms with Crippen LogP contribution in [0.25, 0.3) is 16.9 Å². The molecular weight excluding hydrogens is 381 g/mol. The van der Waals surface area contributed by atoms with E-state index in [2.05, 4.69) is 20.4 Å². The molecule has 0 aliphatic rings. The summed E-state index contributed by atoms with van der Waals surface area (Å²) in [6.07, 6.45) is 3.36. The molecule has 3 heterocycles. The van der Waals surface area contributed by atoms with Crippen LogP contribution in [0.15, 0.2) is 60.9 Å². The molecule has 6 nitrogen and oxygen atoms in total. The average molecular weight is 403 g/mol. The summed E-state index contributed by atoms with van der Waals surface area (Å²) in [4.78, 5) is 21.3. The molecule has 0 atom stereocenters. The fourth-order valence-corrected chi connectivity index (χ4v) is 3.09. The summed E-state index contributed by atoms with van der Waals surface area (Å²) < 4.78 is 16.2. The van der Waals surface area contributed by atoms with E-state index in [1.54, 1.807) is 41.2 Å². The highest BCUT2D eigenvalue weighted by Crippen LogP contribution is 2.27. The highest BCUT2D eigenvalue weighted by molar-refractivity contribution is 5.94. The first-order valence-electron chi connectivity index (χ1n) is 9.66. The summed E-state index contributed by atoms with van der Waals surface area (Å²) in [5.74, 6) is -0.739. The molecular formula is C23H22FN5O. The van der Waals surface area contributed by atoms with Gasteiger partial charge in [-0.15, -0.1) is 0 Å². The van der Waals surface area contributed by atoms with Crippen molar-refractivity contribution in [3.8, 4) is 11.3 Å². The Kier molecular flexibility index (Phi) is 5.03. The first-order valence-corrected chi connectivity index (χ1v) is 9.66. The summed E-state index contributed by atoms with van der Waals surface area (Å²) in [7, 11) is 0. The molecule has 0 radical (unpaired) electrons. The minimum atomic E-state index is -0.389. The zero-order valence-corrected chi connectivity index (χ0v) is 17.1. The predicted molar refractivity (Wildman–Crippen MR) is 112 cm³/mol. The Morgan fingerprint density at radius 3 is 2.63 bits per heavy atom. The molecule has 4 rings (SSSR count). The van der Waals surface area contributed by atoms with Crippen LogP contribution in [0.5, 0.6) is 0 Å². The Morgan fingerprint density at radius 1 is 1.13 bits per heavy atom. The zero-order valence-electron chi connectivity index (χ0n) is 17.1. The van der Waals surface area contributed by atoms with Crippen LogP contribution >= 0.6 is 0 Å². The number of benzene rings is 1. The second kappa shape index (κ2) is 7.67. The van der Waals surface area contributed by atoms with Gasteiger partial charge in [-0.2, -0.15) is 5.10 Å². The van der Waals surface area contributed by atoms with Crippen LogP contribution in [-0.4, -0.2) is 25.5 Å². The smallest absolute Gasteiger partial charge is 0.270 e. The van der Waals surface area contributed by atoms with Crippen molar-refractivity contribution in [2.75, 3.05) is 0 Å². The van der Waals surface area contributed by atoms with E-state index >= 15 is 0 Å². The van der Waals surface area contributed by atoms with Crippen molar-refractivity contribution in [3.05, 3.63) is 83.7 Å². The number of hydrogen-bond acceptors (Lipinski definition) is 4. The number of amides is 1. The van der Waals surface area contributed by atoms with Crippen LogP contribution < -0.4 is 5.32 Å². The molecule has 1 N–H and O–H groups in total. The maximum absolute atomic E-state index is 14.6. The number of rotatable bonds is 4. The van der Waals surface area contributed by atoms with Gasteiger partial charge in [0.2, 0.25) is 0 Å². The number of fused-ring (bicyclic) bond motifs is 1. The molecule has 0 spiro atoms. The van der Waals surface area contributed by atoms with Crippen molar-refractivity contribution in [1.29, 1.82) is 0 Å². The van der Waals surface area contributed by atoms with Crippen molar-refractivity contribution >= 4 is 11.6 Å². The summed E-state index contributed by atoms with van der Waals surface area (Å²) in [5, 5.41) is 7.49. The number of hydrogen-bond donors (Lipinski definition) is 1. The molecule has 0 bridgehead atoms. The lowest BCUT2D eigenvalue weighted by Gasteiger charge is -2.13. The fourth-order valence-electron chi connectivity index (χ4n) is 3.09. The van der Waals surface area contributed by atoms with Gasteiger partial charge in [-0.25, -0.2) is 13.9 Å². The molecule has 152 valence electrons. The van der Waals surface area contributed by atoms with Crippen molar-refractivity contribution < 1.29 is 9.18 Å². The predicted octanol–water partition coefficient (Wildman–Crippen LogP) is 4.16. The zero-order chi connectivity index (χ0) is 21.3. The van der Waals surface area contributed by atoms with Crippen molar-refractivity contribution in [3.63, 3.8) is 0 Å². The van der Waals surface area contributed by atoms with Crippen LogP contribution in [0.3, 0.4) is 0 Å². The SMILES string of the molecule is CC(C)(C)c1cc2nc(C(=O)NCc3cccnc3)cc(-c3ccccc3F)n2n1. The monoisotopic (exact) mass is 403 g/mol. The minimum absolute atomic E-state index is 0.199. The van der Waals surface area contributed by atoms with Gasteiger partial charge in [0, 0.05) is 36.0 Å². The number of pyridine rings is 1. The van der Waals surface area contributed by atoms with E-state index in [1.807, 2.05) is 39.0 Å². The van der Waals surface area contributed by atoms with Gasteiger partial charge in [0.25, 0.3) is 5.91 Å². The lowest BCUT2D eigenvalue weighted by molar-refractivity contribution is 0.0946. The molecule has 4 aromatic rings. The molecule has 0 fully saturated rings. The number of carbonyl (C=O) groups excluding carboxylic acids is 1. The lowest BCUT2D eigenvalue weighted by atomic mass is 9.93. The number of nitrogens with zero attached hydrogens (tertiary/aromatic N) is 4. The molecule has 0 saturated carbocycles. The second-order valence-electron chi connectivity index (χ2n) is 8.10. The molecule has 30 heavy (non-hydrogen) atoms. The van der Waals surface area contributed by atoms with Gasteiger partial charge < -0.3 is 5.32 Å². The van der Waals surface area contributed by atoms with Crippen LogP contribution in [0.1, 0.15) is 42.5 Å². The largest absolute Gasteiger partial charge is 0.347 e. The van der Waals surface area contributed by atoms with Crippen LogP contribution in [-0.2, 0) is 12.0 Å². The van der Waals surface area contributed by atoms with E-state index < -0.39 is 0 Å². The van der Waals surface area contributed by atoms with Crippen LogP contribution in [0.2, 0.25) is 0 Å². The maximum Gasteiger partial charge on any atom is 0.270 e. The number of aromatic nitrogens is 4. The number of nitrogens with one attached hydrogen (secondary N) is 1. The van der Waals surface area contributed by atoms with Gasteiger partial charge >= 0.3 is 0 Å².